The molecule has 0 spiro atoms. The Kier molecular flexibility index (Phi) is 2.43. The highest BCUT2D eigenvalue weighted by atomic mass is 16.5. The monoisotopic (exact) mass is 159 g/mol. The zero-order chi connectivity index (χ0) is 8.32. The number of hydrazine groups is 1. The highest BCUT2D eigenvalue weighted by Gasteiger charge is 2.32. The van der Waals surface area contributed by atoms with Crippen LogP contribution in [0.15, 0.2) is 0 Å². The van der Waals surface area contributed by atoms with Gasteiger partial charge >= 0.3 is 0 Å². The van der Waals surface area contributed by atoms with Crippen molar-refractivity contribution in [3.05, 3.63) is 0 Å². The summed E-state index contributed by atoms with van der Waals surface area (Å²) in [6, 6.07) is 0. The van der Waals surface area contributed by atoms with Gasteiger partial charge in [0.15, 0.2) is 0 Å². The molecule has 0 saturated carbocycles. The molecule has 0 aromatic heterocycles. The fraction of sp³-hybridized carbons (Fsp3) is 0.833. The van der Waals surface area contributed by atoms with Crippen molar-refractivity contribution in [3.63, 3.8) is 0 Å². The van der Waals surface area contributed by atoms with Gasteiger partial charge in [-0.3, -0.25) is 10.2 Å². The van der Waals surface area contributed by atoms with Crippen molar-refractivity contribution in [2.24, 2.45) is 5.84 Å². The minimum atomic E-state index is -0.293. The van der Waals surface area contributed by atoms with Gasteiger partial charge in [0.05, 0.1) is 5.60 Å². The maximum atomic E-state index is 10.6. The van der Waals surface area contributed by atoms with Gasteiger partial charge in [-0.2, -0.15) is 0 Å². The average molecular weight is 159 g/mol. The Hall–Kier alpha value is -0.650. The van der Waals surface area contributed by atoms with E-state index in [1.165, 1.54) is 0 Å². The van der Waals surface area contributed by atoms with Crippen molar-refractivity contribution in [2.45, 2.75) is 12.5 Å². The van der Waals surface area contributed by atoms with Crippen LogP contribution in [0.3, 0.4) is 0 Å². The highest BCUT2D eigenvalue weighted by molar-refractivity contribution is 5.76. The van der Waals surface area contributed by atoms with Crippen molar-refractivity contribution in [3.8, 4) is 0 Å². The van der Waals surface area contributed by atoms with E-state index in [-0.39, 0.29) is 18.1 Å². The number of hydrogen-bond acceptors (Lipinski definition) is 4. The van der Waals surface area contributed by atoms with Gasteiger partial charge in [0.2, 0.25) is 0 Å². The topological polar surface area (TPSA) is 76.4 Å². The SMILES string of the molecule is CC1(OCC(=O)NN)CNC1. The Labute approximate surface area is 65.2 Å². The van der Waals surface area contributed by atoms with E-state index in [1.54, 1.807) is 0 Å². The zero-order valence-corrected chi connectivity index (χ0v) is 6.52. The number of carbonyl (C=O) groups is 1. The summed E-state index contributed by atoms with van der Waals surface area (Å²) < 4.78 is 5.26. The predicted molar refractivity (Wildman–Crippen MR) is 39.6 cm³/mol. The lowest BCUT2D eigenvalue weighted by atomic mass is 10.0. The van der Waals surface area contributed by atoms with E-state index in [1.807, 2.05) is 12.3 Å². The van der Waals surface area contributed by atoms with Crippen LogP contribution >= 0.6 is 0 Å². The molecular formula is C6H13N3O2. The molecule has 5 nitrogen and oxygen atoms in total. The predicted octanol–water partition coefficient (Wildman–Crippen LogP) is -1.65. The molecule has 0 unspecified atom stereocenters. The summed E-state index contributed by atoms with van der Waals surface area (Å²) in [4.78, 5) is 10.6. The van der Waals surface area contributed by atoms with Crippen LogP contribution in [0.1, 0.15) is 6.92 Å². The van der Waals surface area contributed by atoms with Crippen molar-refractivity contribution < 1.29 is 9.53 Å². The molecule has 5 heteroatoms. The van der Waals surface area contributed by atoms with Gasteiger partial charge in [0.25, 0.3) is 5.91 Å². The van der Waals surface area contributed by atoms with Crippen LogP contribution in [-0.4, -0.2) is 31.2 Å². The smallest absolute Gasteiger partial charge is 0.259 e. The van der Waals surface area contributed by atoms with Crippen LogP contribution < -0.4 is 16.6 Å². The molecule has 0 bridgehead atoms. The lowest BCUT2D eigenvalue weighted by Gasteiger charge is -2.38. The Bertz CT molecular complexity index is 156. The normalized spacial score (nSPS) is 20.5. The lowest BCUT2D eigenvalue weighted by Crippen LogP contribution is -2.59. The van der Waals surface area contributed by atoms with E-state index < -0.39 is 0 Å². The summed E-state index contributed by atoms with van der Waals surface area (Å²) in [6.07, 6.45) is 0. The summed E-state index contributed by atoms with van der Waals surface area (Å²) in [5.41, 5.74) is 1.83. The Morgan fingerprint density at radius 2 is 2.45 bits per heavy atom. The molecule has 64 valence electrons. The number of nitrogens with one attached hydrogen (secondary N) is 2. The van der Waals surface area contributed by atoms with Gasteiger partial charge in [-0.05, 0) is 6.92 Å². The second-order valence-electron chi connectivity index (χ2n) is 2.91. The first-order valence-electron chi connectivity index (χ1n) is 3.50. The molecule has 0 atom stereocenters. The summed E-state index contributed by atoms with van der Waals surface area (Å²) in [5.74, 6) is 4.57. The zero-order valence-electron chi connectivity index (χ0n) is 6.52. The number of hydrogen-bond donors (Lipinski definition) is 3. The molecule has 0 radical (unpaired) electrons. The van der Waals surface area contributed by atoms with E-state index in [4.69, 9.17) is 10.6 Å². The molecule has 1 aliphatic heterocycles. The maximum absolute atomic E-state index is 10.6. The number of ether oxygens (including phenoxy) is 1. The van der Waals surface area contributed by atoms with Gasteiger partial charge in [0.1, 0.15) is 6.61 Å². The summed E-state index contributed by atoms with van der Waals surface area (Å²) >= 11 is 0. The van der Waals surface area contributed by atoms with Crippen molar-refractivity contribution in [1.82, 2.24) is 10.7 Å². The molecule has 1 saturated heterocycles. The minimum absolute atomic E-state index is 0.0364. The van der Waals surface area contributed by atoms with Gasteiger partial charge < -0.3 is 10.1 Å². The molecule has 1 fully saturated rings. The molecule has 0 aromatic rings. The summed E-state index contributed by atoms with van der Waals surface area (Å²) in [5, 5.41) is 3.06. The molecule has 1 heterocycles. The molecule has 1 rings (SSSR count). The minimum Gasteiger partial charge on any atom is -0.363 e. The first-order chi connectivity index (χ1) is 5.16. The number of nitrogens with two attached hydrogens (primary N) is 1. The lowest BCUT2D eigenvalue weighted by molar-refractivity contribution is -0.135. The van der Waals surface area contributed by atoms with Crippen molar-refractivity contribution >= 4 is 5.91 Å². The van der Waals surface area contributed by atoms with Crippen molar-refractivity contribution in [2.75, 3.05) is 19.7 Å². The van der Waals surface area contributed by atoms with E-state index >= 15 is 0 Å². The van der Waals surface area contributed by atoms with Crippen LogP contribution in [0.25, 0.3) is 0 Å². The van der Waals surface area contributed by atoms with E-state index in [0.29, 0.717) is 0 Å². The van der Waals surface area contributed by atoms with Gasteiger partial charge in [0, 0.05) is 13.1 Å². The van der Waals surface area contributed by atoms with Crippen molar-refractivity contribution in [1.29, 1.82) is 0 Å². The first-order valence-corrected chi connectivity index (χ1v) is 3.50. The maximum Gasteiger partial charge on any atom is 0.259 e. The number of carbonyl (C=O) groups excluding carboxylic acids is 1. The van der Waals surface area contributed by atoms with E-state index in [2.05, 4.69) is 5.32 Å². The highest BCUT2D eigenvalue weighted by Crippen LogP contribution is 2.14. The van der Waals surface area contributed by atoms with Crippen LogP contribution in [-0.2, 0) is 9.53 Å². The van der Waals surface area contributed by atoms with Crippen LogP contribution in [0.2, 0.25) is 0 Å². The Morgan fingerprint density at radius 3 is 2.82 bits per heavy atom. The third-order valence-electron chi connectivity index (χ3n) is 1.71. The molecule has 11 heavy (non-hydrogen) atoms. The Balaban J connectivity index is 2.16. The molecule has 1 amide bonds. The summed E-state index contributed by atoms with van der Waals surface area (Å²) in [6.45, 7) is 3.58. The Morgan fingerprint density at radius 1 is 1.82 bits per heavy atom. The fourth-order valence-corrected chi connectivity index (χ4v) is 0.861. The van der Waals surface area contributed by atoms with Gasteiger partial charge in [-0.15, -0.1) is 0 Å². The third-order valence-corrected chi connectivity index (χ3v) is 1.71. The van der Waals surface area contributed by atoms with Crippen LogP contribution in [0.4, 0.5) is 0 Å². The standard InChI is InChI=1S/C6H13N3O2/c1-6(3-8-4-6)11-2-5(10)9-7/h8H,2-4,7H2,1H3,(H,9,10). The van der Waals surface area contributed by atoms with E-state index in [9.17, 15) is 4.79 Å². The van der Waals surface area contributed by atoms with Gasteiger partial charge in [-0.1, -0.05) is 0 Å². The molecular weight excluding hydrogens is 146 g/mol. The largest absolute Gasteiger partial charge is 0.363 e. The summed E-state index contributed by atoms with van der Waals surface area (Å²) in [7, 11) is 0. The fourth-order valence-electron chi connectivity index (χ4n) is 0.861. The second kappa shape index (κ2) is 3.17. The third kappa shape index (κ3) is 2.14. The first kappa shape index (κ1) is 8.45. The van der Waals surface area contributed by atoms with Gasteiger partial charge in [-0.25, -0.2) is 5.84 Å². The average Bonchev–Trinajstić information content (AvgIpc) is 1.96. The molecule has 0 aliphatic carbocycles. The number of amides is 1. The second-order valence-corrected chi connectivity index (χ2v) is 2.91. The quantitative estimate of drug-likeness (QED) is 0.262. The molecule has 4 N–H and O–H groups in total. The molecule has 1 aliphatic rings. The van der Waals surface area contributed by atoms with Crippen LogP contribution in [0.5, 0.6) is 0 Å². The molecule has 0 aromatic carbocycles. The number of rotatable bonds is 3. The van der Waals surface area contributed by atoms with Crippen LogP contribution in [0, 0.1) is 0 Å². The van der Waals surface area contributed by atoms with E-state index in [0.717, 1.165) is 13.1 Å².